The minimum absolute atomic E-state index is 0.0967. The van der Waals surface area contributed by atoms with Gasteiger partial charge in [-0.25, -0.2) is 4.79 Å². The number of carbonyl (C=O) groups excluding carboxylic acids is 1. The van der Waals surface area contributed by atoms with Crippen molar-refractivity contribution in [3.8, 4) is 0 Å². The maximum Gasteiger partial charge on any atom is 0.326 e. The van der Waals surface area contributed by atoms with Crippen LogP contribution < -0.4 is 5.32 Å². The second-order valence-corrected chi connectivity index (χ2v) is 7.96. The molecule has 0 heterocycles. The zero-order valence-electron chi connectivity index (χ0n) is 18.0. The van der Waals surface area contributed by atoms with Crippen molar-refractivity contribution in [3.05, 3.63) is 12.2 Å². The summed E-state index contributed by atoms with van der Waals surface area (Å²) in [5.41, 5.74) is 0. The average Bonchev–Trinajstić information content (AvgIpc) is 2.62. The molecule has 4 nitrogen and oxygen atoms in total. The van der Waals surface area contributed by atoms with Crippen LogP contribution in [0.3, 0.4) is 0 Å². The topological polar surface area (TPSA) is 66.4 Å². The summed E-state index contributed by atoms with van der Waals surface area (Å²) in [6.07, 6.45) is 21.0. The summed E-state index contributed by atoms with van der Waals surface area (Å²) < 4.78 is 0. The third-order valence-electron chi connectivity index (χ3n) is 4.91. The van der Waals surface area contributed by atoms with Crippen molar-refractivity contribution in [1.29, 1.82) is 0 Å². The smallest absolute Gasteiger partial charge is 0.326 e. The molecule has 0 radical (unpaired) electrons. The lowest BCUT2D eigenvalue weighted by molar-refractivity contribution is -0.143. The van der Waals surface area contributed by atoms with Crippen LogP contribution in [0.25, 0.3) is 0 Å². The molecule has 27 heavy (non-hydrogen) atoms. The van der Waals surface area contributed by atoms with Crippen LogP contribution >= 0.6 is 0 Å². The Labute approximate surface area is 167 Å². The molecule has 0 aliphatic carbocycles. The van der Waals surface area contributed by atoms with Crippen LogP contribution in [0.1, 0.15) is 111 Å². The average molecular weight is 382 g/mol. The molecule has 0 aromatic carbocycles. The number of allylic oxidation sites excluding steroid dienone is 2. The van der Waals surface area contributed by atoms with Crippen LogP contribution in [0.2, 0.25) is 0 Å². The first-order valence-corrected chi connectivity index (χ1v) is 11.2. The summed E-state index contributed by atoms with van der Waals surface area (Å²) in [5, 5.41) is 11.7. The van der Waals surface area contributed by atoms with E-state index in [2.05, 4.69) is 24.4 Å². The van der Waals surface area contributed by atoms with Gasteiger partial charge in [-0.3, -0.25) is 4.79 Å². The highest BCUT2D eigenvalue weighted by atomic mass is 16.4. The molecule has 1 amide bonds. The van der Waals surface area contributed by atoms with E-state index >= 15 is 0 Å². The van der Waals surface area contributed by atoms with Gasteiger partial charge in [0, 0.05) is 6.42 Å². The number of rotatable bonds is 18. The predicted molar refractivity (Wildman–Crippen MR) is 114 cm³/mol. The summed E-state index contributed by atoms with van der Waals surface area (Å²) in [4.78, 5) is 22.9. The van der Waals surface area contributed by atoms with Gasteiger partial charge in [-0.15, -0.1) is 0 Å². The molecule has 0 bridgehead atoms. The summed E-state index contributed by atoms with van der Waals surface area (Å²) in [5.74, 6) is -1.20. The van der Waals surface area contributed by atoms with Crippen LogP contribution in [0.15, 0.2) is 12.2 Å². The molecule has 0 saturated carbocycles. The largest absolute Gasteiger partial charge is 0.480 e. The highest BCUT2D eigenvalue weighted by molar-refractivity contribution is 5.83. The summed E-state index contributed by atoms with van der Waals surface area (Å²) in [7, 11) is 0. The van der Waals surface area contributed by atoms with E-state index in [9.17, 15) is 9.59 Å². The molecule has 4 heteroatoms. The monoisotopic (exact) mass is 381 g/mol. The number of hydrogen-bond acceptors (Lipinski definition) is 2. The number of amides is 1. The van der Waals surface area contributed by atoms with E-state index in [0.29, 0.717) is 6.42 Å². The molecule has 0 saturated heterocycles. The number of hydrogen-bond donors (Lipinski definition) is 2. The molecule has 2 N–H and O–H groups in total. The van der Waals surface area contributed by atoms with Crippen molar-refractivity contribution in [2.45, 2.75) is 117 Å². The van der Waals surface area contributed by atoms with E-state index in [-0.39, 0.29) is 11.8 Å². The van der Waals surface area contributed by atoms with Crippen LogP contribution in [-0.4, -0.2) is 23.0 Å². The van der Waals surface area contributed by atoms with Crippen molar-refractivity contribution in [2.24, 2.45) is 5.92 Å². The van der Waals surface area contributed by atoms with E-state index in [4.69, 9.17) is 5.11 Å². The van der Waals surface area contributed by atoms with Crippen molar-refractivity contribution in [1.82, 2.24) is 5.32 Å². The molecule has 0 spiro atoms. The molecule has 0 fully saturated rings. The van der Waals surface area contributed by atoms with E-state index in [1.54, 1.807) is 13.8 Å². The first-order valence-electron chi connectivity index (χ1n) is 11.2. The van der Waals surface area contributed by atoms with Gasteiger partial charge in [-0.05, 0) is 38.0 Å². The van der Waals surface area contributed by atoms with Gasteiger partial charge in [0.1, 0.15) is 6.04 Å². The maximum absolute atomic E-state index is 11.8. The van der Waals surface area contributed by atoms with Crippen molar-refractivity contribution < 1.29 is 14.7 Å². The van der Waals surface area contributed by atoms with Gasteiger partial charge in [0.05, 0.1) is 0 Å². The Kier molecular flexibility index (Phi) is 17.2. The standard InChI is InChI=1S/C23H43NO3/c1-4-5-6-7-8-9-10-11-12-13-14-15-16-17-18-19-21(25)24-22(20(2)3)23(26)27/h11-12,20,22H,4-10,13-19H2,1-3H3,(H,24,25)(H,26,27). The minimum Gasteiger partial charge on any atom is -0.480 e. The van der Waals surface area contributed by atoms with Crippen molar-refractivity contribution in [3.63, 3.8) is 0 Å². The first kappa shape index (κ1) is 25.7. The Morgan fingerprint density at radius 1 is 0.815 bits per heavy atom. The van der Waals surface area contributed by atoms with Gasteiger partial charge >= 0.3 is 5.97 Å². The lowest BCUT2D eigenvalue weighted by atomic mass is 10.0. The SMILES string of the molecule is CCCCCCCCC=CCCCCCCCC(=O)NC(C(=O)O)C(C)C. The highest BCUT2D eigenvalue weighted by Crippen LogP contribution is 2.10. The van der Waals surface area contributed by atoms with Crippen LogP contribution in [0.4, 0.5) is 0 Å². The van der Waals surface area contributed by atoms with Gasteiger partial charge in [0.15, 0.2) is 0 Å². The quantitative estimate of drug-likeness (QED) is 0.218. The fraction of sp³-hybridized carbons (Fsp3) is 0.826. The van der Waals surface area contributed by atoms with E-state index in [1.165, 1.54) is 57.8 Å². The fourth-order valence-electron chi connectivity index (χ4n) is 3.12. The van der Waals surface area contributed by atoms with Crippen LogP contribution in [0, 0.1) is 5.92 Å². The molecule has 158 valence electrons. The maximum atomic E-state index is 11.8. The Hall–Kier alpha value is -1.32. The van der Waals surface area contributed by atoms with Crippen molar-refractivity contribution in [2.75, 3.05) is 0 Å². The third-order valence-corrected chi connectivity index (χ3v) is 4.91. The minimum atomic E-state index is -0.956. The lowest BCUT2D eigenvalue weighted by Crippen LogP contribution is -2.44. The molecule has 0 aromatic heterocycles. The summed E-state index contributed by atoms with van der Waals surface area (Å²) in [6, 6.07) is -0.777. The van der Waals surface area contributed by atoms with Gasteiger partial charge in [-0.2, -0.15) is 0 Å². The van der Waals surface area contributed by atoms with E-state index in [0.717, 1.165) is 25.7 Å². The Morgan fingerprint density at radius 2 is 1.30 bits per heavy atom. The van der Waals surface area contributed by atoms with E-state index < -0.39 is 12.0 Å². The molecule has 1 unspecified atom stereocenters. The zero-order valence-corrected chi connectivity index (χ0v) is 18.0. The van der Waals surface area contributed by atoms with Gasteiger partial charge in [0.25, 0.3) is 0 Å². The van der Waals surface area contributed by atoms with Crippen LogP contribution in [0.5, 0.6) is 0 Å². The van der Waals surface area contributed by atoms with Crippen LogP contribution in [-0.2, 0) is 9.59 Å². The second-order valence-electron chi connectivity index (χ2n) is 7.96. The summed E-state index contributed by atoms with van der Waals surface area (Å²) >= 11 is 0. The number of unbranched alkanes of at least 4 members (excludes halogenated alkanes) is 11. The number of nitrogens with one attached hydrogen (secondary N) is 1. The molecule has 0 aliphatic rings. The second kappa shape index (κ2) is 18.1. The third kappa shape index (κ3) is 16.6. The lowest BCUT2D eigenvalue weighted by Gasteiger charge is -2.17. The molecular formula is C23H43NO3. The number of carboxylic acid groups (broad SMARTS) is 1. The number of carboxylic acids is 1. The summed E-state index contributed by atoms with van der Waals surface area (Å²) in [6.45, 7) is 5.87. The molecule has 0 aliphatic heterocycles. The Morgan fingerprint density at radius 3 is 1.78 bits per heavy atom. The van der Waals surface area contributed by atoms with Gasteiger partial charge in [0.2, 0.25) is 5.91 Å². The molecular weight excluding hydrogens is 338 g/mol. The molecule has 0 aromatic rings. The highest BCUT2D eigenvalue weighted by Gasteiger charge is 2.22. The normalized spacial score (nSPS) is 12.6. The molecule has 1 atom stereocenters. The fourth-order valence-corrected chi connectivity index (χ4v) is 3.12. The van der Waals surface area contributed by atoms with E-state index in [1.807, 2.05) is 0 Å². The Bertz CT molecular complexity index is 404. The first-order chi connectivity index (χ1) is 13.0. The molecule has 0 rings (SSSR count). The number of carbonyl (C=O) groups is 2. The van der Waals surface area contributed by atoms with Gasteiger partial charge < -0.3 is 10.4 Å². The predicted octanol–water partition coefficient (Wildman–Crippen LogP) is 6.25. The number of aliphatic carboxylic acids is 1. The van der Waals surface area contributed by atoms with Crippen molar-refractivity contribution >= 4 is 11.9 Å². The van der Waals surface area contributed by atoms with Gasteiger partial charge in [-0.1, -0.05) is 84.3 Å². The Balaban J connectivity index is 3.45. The zero-order chi connectivity index (χ0) is 20.3.